The number of carbonyl (C=O) groups is 1. The summed E-state index contributed by atoms with van der Waals surface area (Å²) in [7, 11) is 0. The lowest BCUT2D eigenvalue weighted by molar-refractivity contribution is 0.0713. The van der Waals surface area contributed by atoms with Gasteiger partial charge in [0.15, 0.2) is 5.82 Å². The summed E-state index contributed by atoms with van der Waals surface area (Å²) in [6.45, 7) is 1.85. The Morgan fingerprint density at radius 1 is 1.29 bits per heavy atom. The number of nitrogen functional groups attached to an aromatic ring is 1. The Balaban J connectivity index is 1.69. The summed E-state index contributed by atoms with van der Waals surface area (Å²) in [5, 5.41) is 8.87. The fourth-order valence-corrected chi connectivity index (χ4v) is 3.70. The molecule has 0 bridgehead atoms. The van der Waals surface area contributed by atoms with Crippen molar-refractivity contribution in [3.05, 3.63) is 41.3 Å². The maximum absolute atomic E-state index is 12.7. The molecule has 3 aromatic rings. The fraction of sp³-hybridized carbons (Fsp3) is 0.214. The second kappa shape index (κ2) is 4.56. The molecule has 106 valence electrons. The first-order valence-electron chi connectivity index (χ1n) is 6.67. The van der Waals surface area contributed by atoms with Gasteiger partial charge in [-0.2, -0.15) is 0 Å². The van der Waals surface area contributed by atoms with Crippen LogP contribution < -0.4 is 5.73 Å². The van der Waals surface area contributed by atoms with E-state index in [1.54, 1.807) is 11.2 Å². The Bertz CT molecular complexity index is 837. The molecule has 21 heavy (non-hydrogen) atoms. The monoisotopic (exact) mass is 299 g/mol. The molecule has 1 aromatic carbocycles. The number of rotatable bonds is 1. The summed E-state index contributed by atoms with van der Waals surface area (Å²) in [4.78, 5) is 15.1. The van der Waals surface area contributed by atoms with Crippen LogP contribution in [0.3, 0.4) is 0 Å². The third kappa shape index (κ3) is 1.89. The van der Waals surface area contributed by atoms with E-state index in [0.29, 0.717) is 23.7 Å². The van der Waals surface area contributed by atoms with Crippen molar-refractivity contribution in [3.63, 3.8) is 0 Å². The van der Waals surface area contributed by atoms with Crippen molar-refractivity contribution in [2.75, 3.05) is 12.3 Å². The van der Waals surface area contributed by atoms with Gasteiger partial charge in [0.1, 0.15) is 11.2 Å². The van der Waals surface area contributed by atoms with Crippen LogP contribution in [0.4, 0.5) is 5.69 Å². The minimum atomic E-state index is -0.0250. The van der Waals surface area contributed by atoms with E-state index in [9.17, 15) is 4.79 Å². The van der Waals surface area contributed by atoms with E-state index >= 15 is 0 Å². The minimum Gasteiger partial charge on any atom is -0.397 e. The SMILES string of the molecule is Nc1c(C(=O)N2CCn3cnnc3C2)sc2ccccc12. The van der Waals surface area contributed by atoms with Crippen LogP contribution in [0, 0.1) is 0 Å². The highest BCUT2D eigenvalue weighted by atomic mass is 32.1. The number of anilines is 1. The zero-order valence-electron chi connectivity index (χ0n) is 11.2. The van der Waals surface area contributed by atoms with Gasteiger partial charge in [-0.05, 0) is 6.07 Å². The van der Waals surface area contributed by atoms with Crippen LogP contribution in [0.5, 0.6) is 0 Å². The summed E-state index contributed by atoms with van der Waals surface area (Å²) in [5.41, 5.74) is 6.73. The summed E-state index contributed by atoms with van der Waals surface area (Å²) < 4.78 is 3.01. The molecule has 0 aliphatic carbocycles. The van der Waals surface area contributed by atoms with Crippen LogP contribution in [0.15, 0.2) is 30.6 Å². The second-order valence-electron chi connectivity index (χ2n) is 5.01. The lowest BCUT2D eigenvalue weighted by atomic mass is 10.2. The van der Waals surface area contributed by atoms with Gasteiger partial charge in [0.2, 0.25) is 0 Å². The molecule has 1 aliphatic heterocycles. The highest BCUT2D eigenvalue weighted by Gasteiger charge is 2.26. The van der Waals surface area contributed by atoms with Crippen molar-refractivity contribution in [1.29, 1.82) is 0 Å². The molecule has 0 unspecified atom stereocenters. The molecule has 2 aromatic heterocycles. The first-order valence-corrected chi connectivity index (χ1v) is 7.48. The summed E-state index contributed by atoms with van der Waals surface area (Å²) in [5.74, 6) is 0.789. The van der Waals surface area contributed by atoms with Gasteiger partial charge in [-0.1, -0.05) is 18.2 Å². The smallest absolute Gasteiger partial charge is 0.266 e. The lowest BCUT2D eigenvalue weighted by Crippen LogP contribution is -2.38. The van der Waals surface area contributed by atoms with Crippen LogP contribution in [0.25, 0.3) is 10.1 Å². The molecule has 3 heterocycles. The normalized spacial score (nSPS) is 14.4. The van der Waals surface area contributed by atoms with Crippen LogP contribution >= 0.6 is 11.3 Å². The van der Waals surface area contributed by atoms with Gasteiger partial charge in [-0.25, -0.2) is 0 Å². The summed E-state index contributed by atoms with van der Waals surface area (Å²) in [6.07, 6.45) is 1.70. The molecule has 6 nitrogen and oxygen atoms in total. The number of nitrogens with two attached hydrogens (primary N) is 1. The standard InChI is InChI=1S/C14H13N5OS/c15-12-9-3-1-2-4-10(9)21-13(12)14(20)18-5-6-19-8-16-17-11(19)7-18/h1-4,8H,5-7,15H2. The van der Waals surface area contributed by atoms with Gasteiger partial charge in [0.05, 0.1) is 12.2 Å². The molecule has 0 fully saturated rings. The third-order valence-corrected chi connectivity index (χ3v) is 4.93. The highest BCUT2D eigenvalue weighted by Crippen LogP contribution is 2.34. The van der Waals surface area contributed by atoms with Crippen LogP contribution in [0.1, 0.15) is 15.5 Å². The average molecular weight is 299 g/mol. The van der Waals surface area contributed by atoms with E-state index in [0.717, 1.165) is 22.5 Å². The molecule has 2 N–H and O–H groups in total. The van der Waals surface area contributed by atoms with Crippen molar-refractivity contribution < 1.29 is 4.79 Å². The lowest BCUT2D eigenvalue weighted by Gasteiger charge is -2.26. The van der Waals surface area contributed by atoms with Crippen molar-refractivity contribution in [3.8, 4) is 0 Å². The highest BCUT2D eigenvalue weighted by molar-refractivity contribution is 7.21. The number of aromatic nitrogens is 3. The van der Waals surface area contributed by atoms with E-state index in [2.05, 4.69) is 10.2 Å². The quantitative estimate of drug-likeness (QED) is 0.742. The molecule has 0 radical (unpaired) electrons. The largest absolute Gasteiger partial charge is 0.397 e. The van der Waals surface area contributed by atoms with Gasteiger partial charge >= 0.3 is 0 Å². The van der Waals surface area contributed by atoms with Crippen molar-refractivity contribution in [2.24, 2.45) is 0 Å². The van der Waals surface area contributed by atoms with Gasteiger partial charge < -0.3 is 15.2 Å². The van der Waals surface area contributed by atoms with E-state index in [1.807, 2.05) is 28.8 Å². The number of amides is 1. The van der Waals surface area contributed by atoms with Gasteiger partial charge in [-0.3, -0.25) is 4.79 Å². The molecule has 0 atom stereocenters. The number of fused-ring (bicyclic) bond motifs is 2. The van der Waals surface area contributed by atoms with Crippen molar-refractivity contribution in [1.82, 2.24) is 19.7 Å². The van der Waals surface area contributed by atoms with Crippen LogP contribution in [-0.4, -0.2) is 32.1 Å². The van der Waals surface area contributed by atoms with E-state index in [4.69, 9.17) is 5.73 Å². The number of hydrogen-bond acceptors (Lipinski definition) is 5. The second-order valence-corrected chi connectivity index (χ2v) is 6.06. The number of nitrogens with zero attached hydrogens (tertiary/aromatic N) is 4. The molecule has 7 heteroatoms. The first-order chi connectivity index (χ1) is 10.2. The third-order valence-electron chi connectivity index (χ3n) is 3.75. The average Bonchev–Trinajstić information content (AvgIpc) is 3.11. The number of hydrogen-bond donors (Lipinski definition) is 1. The Hall–Kier alpha value is -2.41. The summed E-state index contributed by atoms with van der Waals surface area (Å²) in [6, 6.07) is 7.82. The summed E-state index contributed by atoms with van der Waals surface area (Å²) >= 11 is 1.45. The van der Waals surface area contributed by atoms with Crippen molar-refractivity contribution >= 4 is 33.0 Å². The molecule has 0 spiro atoms. The van der Waals surface area contributed by atoms with Gasteiger partial charge in [0.25, 0.3) is 5.91 Å². The van der Waals surface area contributed by atoms with E-state index < -0.39 is 0 Å². The molecular formula is C14H13N5OS. The molecular weight excluding hydrogens is 286 g/mol. The van der Waals surface area contributed by atoms with Crippen LogP contribution in [-0.2, 0) is 13.1 Å². The van der Waals surface area contributed by atoms with Gasteiger partial charge in [0, 0.05) is 23.2 Å². The first kappa shape index (κ1) is 12.3. The number of thiophene rings is 1. The number of benzene rings is 1. The van der Waals surface area contributed by atoms with Crippen molar-refractivity contribution in [2.45, 2.75) is 13.1 Å². The molecule has 0 saturated carbocycles. The zero-order valence-corrected chi connectivity index (χ0v) is 12.0. The zero-order chi connectivity index (χ0) is 14.4. The maximum atomic E-state index is 12.7. The number of carbonyl (C=O) groups excluding carboxylic acids is 1. The maximum Gasteiger partial charge on any atom is 0.266 e. The molecule has 1 amide bonds. The minimum absolute atomic E-state index is 0.0250. The predicted octanol–water partition coefficient (Wildman–Crippen LogP) is 1.73. The Kier molecular flexibility index (Phi) is 2.68. The molecule has 4 rings (SSSR count). The van der Waals surface area contributed by atoms with Gasteiger partial charge in [-0.15, -0.1) is 21.5 Å². The molecule has 1 aliphatic rings. The van der Waals surface area contributed by atoms with E-state index in [1.165, 1.54) is 11.3 Å². The Morgan fingerprint density at radius 2 is 2.14 bits per heavy atom. The van der Waals surface area contributed by atoms with E-state index in [-0.39, 0.29) is 5.91 Å². The Morgan fingerprint density at radius 3 is 3.00 bits per heavy atom. The molecule has 0 saturated heterocycles. The topological polar surface area (TPSA) is 77.0 Å². The fourth-order valence-electron chi connectivity index (χ4n) is 2.61. The Labute approximate surface area is 124 Å². The van der Waals surface area contributed by atoms with Crippen LogP contribution in [0.2, 0.25) is 0 Å². The predicted molar refractivity (Wildman–Crippen MR) is 81.0 cm³/mol.